The summed E-state index contributed by atoms with van der Waals surface area (Å²) in [5.74, 6) is 1.64. The number of aromatic nitrogens is 2. The Labute approximate surface area is 216 Å². The lowest BCUT2D eigenvalue weighted by Crippen LogP contribution is -2.51. The summed E-state index contributed by atoms with van der Waals surface area (Å²) in [5.41, 5.74) is 7.88. The minimum atomic E-state index is -0.255. The first-order valence-corrected chi connectivity index (χ1v) is 11.1. The highest BCUT2D eigenvalue weighted by Crippen LogP contribution is 2.48. The van der Waals surface area contributed by atoms with E-state index in [9.17, 15) is 5.11 Å². The van der Waals surface area contributed by atoms with Gasteiger partial charge >= 0.3 is 0 Å². The van der Waals surface area contributed by atoms with Gasteiger partial charge in [0.2, 0.25) is 6.79 Å². The maximum Gasteiger partial charge on any atom is 0.231 e. The van der Waals surface area contributed by atoms with E-state index in [4.69, 9.17) is 43.1 Å². The molecule has 12 heteroatoms. The lowest BCUT2D eigenvalue weighted by atomic mass is 9.73. The molecule has 33 heavy (non-hydrogen) atoms. The van der Waals surface area contributed by atoms with Crippen LogP contribution < -0.4 is 20.1 Å². The number of rotatable bonds is 3. The summed E-state index contributed by atoms with van der Waals surface area (Å²) in [6.45, 7) is 4.10. The van der Waals surface area contributed by atoms with Gasteiger partial charge in [-0.3, -0.25) is 0 Å². The van der Waals surface area contributed by atoms with Crippen molar-refractivity contribution < 1.29 is 19.3 Å². The fraction of sp³-hybridized carbons (Fsp3) is 0.524. The summed E-state index contributed by atoms with van der Waals surface area (Å²) in [4.78, 5) is 11.4. The molecule has 0 radical (unpaired) electrons. The molecule has 1 aromatic heterocycles. The van der Waals surface area contributed by atoms with Gasteiger partial charge in [-0.25, -0.2) is 9.97 Å². The number of aliphatic hydroxyl groups is 1. The predicted molar refractivity (Wildman–Crippen MR) is 138 cm³/mol. The zero-order valence-corrected chi connectivity index (χ0v) is 21.6. The van der Waals surface area contributed by atoms with Crippen molar-refractivity contribution in [2.75, 3.05) is 31.4 Å². The highest BCUT2D eigenvalue weighted by atomic mass is 35.5. The second-order valence-electron chi connectivity index (χ2n) is 8.36. The second-order valence-corrected chi connectivity index (χ2v) is 9.14. The van der Waals surface area contributed by atoms with Crippen molar-refractivity contribution in [2.45, 2.75) is 38.5 Å². The van der Waals surface area contributed by atoms with Crippen LogP contribution in [0.5, 0.6) is 11.5 Å². The zero-order chi connectivity index (χ0) is 21.8. The zero-order valence-electron chi connectivity index (χ0n) is 18.1. The van der Waals surface area contributed by atoms with E-state index in [0.29, 0.717) is 50.9 Å². The quantitative estimate of drug-likeness (QED) is 0.618. The van der Waals surface area contributed by atoms with E-state index >= 15 is 0 Å². The Balaban J connectivity index is 0.00000153. The van der Waals surface area contributed by atoms with Crippen LogP contribution in [0.25, 0.3) is 11.3 Å². The molecule has 1 aromatic carbocycles. The minimum Gasteiger partial charge on any atom is -0.454 e. The van der Waals surface area contributed by atoms with Crippen LogP contribution >= 0.6 is 50.2 Å². The molecule has 2 fully saturated rings. The fourth-order valence-electron chi connectivity index (χ4n) is 4.77. The molecule has 0 aliphatic carbocycles. The van der Waals surface area contributed by atoms with Crippen molar-refractivity contribution in [3.8, 4) is 22.8 Å². The van der Waals surface area contributed by atoms with E-state index in [2.05, 4.69) is 14.9 Å². The van der Waals surface area contributed by atoms with Gasteiger partial charge < -0.3 is 30.0 Å². The Hall–Kier alpha value is -1.14. The number of anilines is 1. The normalized spacial score (nSPS) is 22.8. The number of hydrogen-bond acceptors (Lipinski definition) is 8. The molecule has 3 N–H and O–H groups in total. The summed E-state index contributed by atoms with van der Waals surface area (Å²) < 4.78 is 16.8. The summed E-state index contributed by atoms with van der Waals surface area (Å²) in [5, 5.41) is 10.7. The van der Waals surface area contributed by atoms with Crippen LogP contribution in [0, 0.1) is 5.41 Å². The molecule has 182 valence electrons. The average molecular weight is 536 g/mol. The first kappa shape index (κ1) is 26.5. The van der Waals surface area contributed by atoms with Crippen LogP contribution in [0.2, 0.25) is 10.0 Å². The van der Waals surface area contributed by atoms with Crippen LogP contribution in [0.4, 0.5) is 5.82 Å². The van der Waals surface area contributed by atoms with E-state index in [1.807, 2.05) is 6.92 Å². The molecule has 0 amide bonds. The monoisotopic (exact) mass is 534 g/mol. The topological polar surface area (TPSA) is 103 Å². The molecule has 0 saturated carbocycles. The number of nitrogens with two attached hydrogens (primary N) is 1. The van der Waals surface area contributed by atoms with Gasteiger partial charge in [-0.05, 0) is 19.8 Å². The molecule has 0 bridgehead atoms. The number of halogens is 2. The van der Waals surface area contributed by atoms with Crippen molar-refractivity contribution >= 4 is 56.0 Å². The summed E-state index contributed by atoms with van der Waals surface area (Å²) >= 11 is 12.7. The molecule has 2 aromatic rings. The number of nitrogens with zero attached hydrogens (tertiary/aromatic N) is 3. The van der Waals surface area contributed by atoms with Crippen molar-refractivity contribution in [2.24, 2.45) is 11.1 Å². The maximum atomic E-state index is 10.0. The standard InChI is InChI=1S/C21H24Cl2N4O4.2H2S/c1-11-19(24)21(9-29-11)2-4-27(5-3-21)20-14(8-28)26-13(7-25-20)16-17(23)12(22)6-15-18(16)31-10-30-15;;/h6-7,11,19,28H,2-5,8-10,24H2,1H3;2*1H2/t11-,19+;;/m0../s1. The molecular weight excluding hydrogens is 507 g/mol. The Bertz CT molecular complexity index is 1020. The minimum absolute atomic E-state index is 0. The summed E-state index contributed by atoms with van der Waals surface area (Å²) in [6, 6.07) is 1.65. The van der Waals surface area contributed by atoms with Gasteiger partial charge in [-0.2, -0.15) is 27.0 Å². The Morgan fingerprint density at radius 2 is 1.97 bits per heavy atom. The van der Waals surface area contributed by atoms with Crippen molar-refractivity contribution in [1.29, 1.82) is 0 Å². The molecule has 2 saturated heterocycles. The van der Waals surface area contributed by atoms with Gasteiger partial charge in [0.25, 0.3) is 0 Å². The number of benzene rings is 1. The maximum absolute atomic E-state index is 10.0. The van der Waals surface area contributed by atoms with Gasteiger partial charge in [-0.15, -0.1) is 0 Å². The van der Waals surface area contributed by atoms with Crippen LogP contribution in [0.15, 0.2) is 12.3 Å². The lowest BCUT2D eigenvalue weighted by Gasteiger charge is -2.41. The molecule has 4 heterocycles. The van der Waals surface area contributed by atoms with Crippen molar-refractivity contribution in [1.82, 2.24) is 9.97 Å². The number of fused-ring (bicyclic) bond motifs is 1. The molecule has 3 aliphatic heterocycles. The third kappa shape index (κ3) is 4.47. The second kappa shape index (κ2) is 10.2. The highest BCUT2D eigenvalue weighted by Gasteiger charge is 2.47. The first-order chi connectivity index (χ1) is 14.9. The van der Waals surface area contributed by atoms with E-state index in [1.165, 1.54) is 0 Å². The number of ether oxygens (including phenoxy) is 3. The third-order valence-corrected chi connectivity index (χ3v) is 7.48. The SMILES string of the molecule is C[C@@H]1OCC2(CCN(c3ncc(-c4c(Cl)c(Cl)cc5c4OCO5)nc3CO)CC2)[C@@H]1N.S.S. The van der Waals surface area contributed by atoms with E-state index in [-0.39, 0.29) is 58.0 Å². The third-order valence-electron chi connectivity index (χ3n) is 6.69. The number of aliphatic hydroxyl groups excluding tert-OH is 1. The lowest BCUT2D eigenvalue weighted by molar-refractivity contribution is 0.0973. The average Bonchev–Trinajstić information content (AvgIpc) is 3.35. The molecule has 5 rings (SSSR count). The van der Waals surface area contributed by atoms with Crippen LogP contribution in [-0.2, 0) is 11.3 Å². The molecule has 3 aliphatic rings. The van der Waals surface area contributed by atoms with Gasteiger partial charge in [0.05, 0.1) is 46.8 Å². The van der Waals surface area contributed by atoms with E-state index in [0.717, 1.165) is 25.9 Å². The van der Waals surface area contributed by atoms with Crippen LogP contribution in [0.3, 0.4) is 0 Å². The Morgan fingerprint density at radius 3 is 2.61 bits per heavy atom. The van der Waals surface area contributed by atoms with Crippen molar-refractivity contribution in [3.63, 3.8) is 0 Å². The Kier molecular flexibility index (Phi) is 8.20. The van der Waals surface area contributed by atoms with Crippen LogP contribution in [0.1, 0.15) is 25.5 Å². The summed E-state index contributed by atoms with van der Waals surface area (Å²) in [7, 11) is 0. The van der Waals surface area contributed by atoms with E-state index in [1.54, 1.807) is 12.3 Å². The van der Waals surface area contributed by atoms with Gasteiger partial charge in [-0.1, -0.05) is 23.2 Å². The highest BCUT2D eigenvalue weighted by molar-refractivity contribution is 7.59. The molecule has 8 nitrogen and oxygen atoms in total. The van der Waals surface area contributed by atoms with Crippen molar-refractivity contribution in [3.05, 3.63) is 28.0 Å². The van der Waals surface area contributed by atoms with Gasteiger partial charge in [0.1, 0.15) is 5.69 Å². The molecule has 2 atom stereocenters. The number of hydrogen-bond donors (Lipinski definition) is 2. The summed E-state index contributed by atoms with van der Waals surface area (Å²) in [6.07, 6.45) is 3.52. The molecular formula is C21H28Cl2N4O4S2. The fourth-order valence-corrected chi connectivity index (χ4v) is 5.20. The van der Waals surface area contributed by atoms with Gasteiger partial charge in [0, 0.05) is 30.6 Å². The first-order valence-electron chi connectivity index (χ1n) is 10.3. The van der Waals surface area contributed by atoms with Crippen LogP contribution in [-0.4, -0.2) is 53.7 Å². The van der Waals surface area contributed by atoms with E-state index < -0.39 is 0 Å². The largest absolute Gasteiger partial charge is 0.454 e. The Morgan fingerprint density at radius 1 is 1.24 bits per heavy atom. The van der Waals surface area contributed by atoms with Gasteiger partial charge in [0.15, 0.2) is 17.3 Å². The molecule has 0 unspecified atom stereocenters. The molecule has 1 spiro atoms. The number of piperidine rings is 1. The predicted octanol–water partition coefficient (Wildman–Crippen LogP) is 3.23. The smallest absolute Gasteiger partial charge is 0.231 e.